The van der Waals surface area contributed by atoms with Crippen LogP contribution in [0.25, 0.3) is 6.08 Å². The number of nitrogens with zero attached hydrogens (tertiary/aromatic N) is 2. The summed E-state index contributed by atoms with van der Waals surface area (Å²) in [6.07, 6.45) is 3.52. The zero-order chi connectivity index (χ0) is 25.2. The van der Waals surface area contributed by atoms with Gasteiger partial charge in [0.25, 0.3) is 15.9 Å². The number of hydrogen-bond donors (Lipinski definition) is 2. The normalized spacial score (nSPS) is 14.9. The van der Waals surface area contributed by atoms with E-state index in [0.717, 1.165) is 27.6 Å². The number of hydrazine groups is 1. The summed E-state index contributed by atoms with van der Waals surface area (Å²) < 4.78 is 26.2. The number of carbonyl (C=O) groups is 2. The first-order valence-corrected chi connectivity index (χ1v) is 13.2. The molecule has 0 bridgehead atoms. The van der Waals surface area contributed by atoms with Crippen LogP contribution in [0.1, 0.15) is 21.5 Å². The van der Waals surface area contributed by atoms with Crippen molar-refractivity contribution in [2.24, 2.45) is 4.99 Å². The van der Waals surface area contributed by atoms with E-state index >= 15 is 0 Å². The van der Waals surface area contributed by atoms with Crippen molar-refractivity contribution in [2.75, 3.05) is 6.26 Å². The van der Waals surface area contributed by atoms with E-state index in [1.54, 1.807) is 48.2 Å². The Kier molecular flexibility index (Phi) is 7.08. The Bertz CT molecular complexity index is 1470. The monoisotopic (exact) mass is 527 g/mol. The van der Waals surface area contributed by atoms with Crippen LogP contribution in [0.3, 0.4) is 0 Å². The number of aliphatic imine (C=N–C) groups is 1. The molecule has 0 atom stereocenters. The fourth-order valence-electron chi connectivity index (χ4n) is 3.25. The number of amidine groups is 1. The number of hydrogen-bond acceptors (Lipinski definition) is 6. The Morgan fingerprint density at radius 2 is 1.77 bits per heavy atom. The lowest BCUT2D eigenvalue weighted by Gasteiger charge is -2.19. The molecule has 1 heterocycles. The van der Waals surface area contributed by atoms with E-state index in [-0.39, 0.29) is 27.0 Å². The van der Waals surface area contributed by atoms with Gasteiger partial charge in [0, 0.05) is 10.5 Å². The van der Waals surface area contributed by atoms with Gasteiger partial charge in [-0.3, -0.25) is 4.79 Å². The summed E-state index contributed by atoms with van der Waals surface area (Å²) in [4.78, 5) is 32.0. The van der Waals surface area contributed by atoms with Crippen LogP contribution in [-0.2, 0) is 14.8 Å². The van der Waals surface area contributed by atoms with Gasteiger partial charge in [-0.1, -0.05) is 54.1 Å². The Morgan fingerprint density at radius 3 is 2.40 bits per heavy atom. The van der Waals surface area contributed by atoms with Crippen molar-refractivity contribution < 1.29 is 23.1 Å². The maximum absolute atomic E-state index is 13.3. The molecule has 0 spiro atoms. The topological polar surface area (TPSA) is 116 Å². The number of nitrogens with one attached hydrogen (secondary N) is 1. The van der Waals surface area contributed by atoms with Crippen molar-refractivity contribution in [2.45, 2.75) is 9.79 Å². The second kappa shape index (κ2) is 10.0. The summed E-state index contributed by atoms with van der Waals surface area (Å²) in [6, 6.07) is 19.3. The number of sulfonamides is 1. The lowest BCUT2D eigenvalue weighted by Crippen LogP contribution is -2.47. The van der Waals surface area contributed by atoms with Crippen LogP contribution in [0, 0.1) is 0 Å². The quantitative estimate of drug-likeness (QED) is 0.350. The van der Waals surface area contributed by atoms with E-state index in [0.29, 0.717) is 5.56 Å². The standard InChI is InChI=1S/C24H18ClN3O5S2/c1-34-17-9-7-15(8-10-17)13-21-23(29)28(22(26-21)16-5-3-2-4-6-16)27-35(32,33)18-11-12-20(25)19(14-18)24(30)31/h2-14,27H,1H3,(H,30,31). The predicted octanol–water partition coefficient (Wildman–Crippen LogP) is 4.28. The van der Waals surface area contributed by atoms with Crippen LogP contribution < -0.4 is 4.83 Å². The number of rotatable bonds is 7. The van der Waals surface area contributed by atoms with Crippen molar-refractivity contribution in [3.8, 4) is 0 Å². The van der Waals surface area contributed by atoms with Gasteiger partial charge in [0.2, 0.25) is 0 Å². The molecular formula is C24H18ClN3O5S2. The maximum atomic E-state index is 13.3. The van der Waals surface area contributed by atoms with Gasteiger partial charge in [0.15, 0.2) is 5.84 Å². The molecule has 11 heteroatoms. The van der Waals surface area contributed by atoms with Gasteiger partial charge < -0.3 is 5.11 Å². The highest BCUT2D eigenvalue weighted by atomic mass is 35.5. The first-order chi connectivity index (χ1) is 16.7. The van der Waals surface area contributed by atoms with Crippen molar-refractivity contribution in [1.29, 1.82) is 0 Å². The Morgan fingerprint density at radius 1 is 1.09 bits per heavy atom. The second-order valence-electron chi connectivity index (χ2n) is 7.29. The molecule has 8 nitrogen and oxygen atoms in total. The van der Waals surface area contributed by atoms with E-state index < -0.39 is 21.9 Å². The number of carboxylic acids is 1. The van der Waals surface area contributed by atoms with Crippen LogP contribution in [0.15, 0.2) is 93.3 Å². The molecule has 0 saturated heterocycles. The molecule has 0 aromatic heterocycles. The van der Waals surface area contributed by atoms with Crippen molar-refractivity contribution in [3.63, 3.8) is 0 Å². The van der Waals surface area contributed by atoms with Gasteiger partial charge in [-0.15, -0.1) is 16.6 Å². The third-order valence-corrected chi connectivity index (χ3v) is 7.37. The Labute approximate surface area is 211 Å². The molecule has 0 radical (unpaired) electrons. The largest absolute Gasteiger partial charge is 0.478 e. The van der Waals surface area contributed by atoms with E-state index in [1.165, 1.54) is 6.07 Å². The Balaban J connectivity index is 1.73. The zero-order valence-electron chi connectivity index (χ0n) is 18.2. The molecule has 1 amide bonds. The molecule has 0 unspecified atom stereocenters. The van der Waals surface area contributed by atoms with Crippen molar-refractivity contribution >= 4 is 57.2 Å². The molecule has 3 aromatic rings. The first kappa shape index (κ1) is 24.7. The summed E-state index contributed by atoms with van der Waals surface area (Å²) in [7, 11) is -4.37. The lowest BCUT2D eigenvalue weighted by molar-refractivity contribution is -0.123. The molecule has 178 valence electrons. The highest BCUT2D eigenvalue weighted by Crippen LogP contribution is 2.25. The smallest absolute Gasteiger partial charge is 0.337 e. The predicted molar refractivity (Wildman–Crippen MR) is 135 cm³/mol. The average molecular weight is 528 g/mol. The highest BCUT2D eigenvalue weighted by molar-refractivity contribution is 7.98. The third kappa shape index (κ3) is 5.30. The number of halogens is 1. The van der Waals surface area contributed by atoms with Gasteiger partial charge >= 0.3 is 5.97 Å². The summed E-state index contributed by atoms with van der Waals surface area (Å²) in [5, 5.41) is 10.0. The van der Waals surface area contributed by atoms with E-state index in [2.05, 4.69) is 9.82 Å². The minimum absolute atomic E-state index is 0.0331. The van der Waals surface area contributed by atoms with E-state index in [1.807, 2.05) is 30.5 Å². The average Bonchev–Trinajstić information content (AvgIpc) is 3.14. The zero-order valence-corrected chi connectivity index (χ0v) is 20.6. The van der Waals surface area contributed by atoms with Gasteiger partial charge in [-0.25, -0.2) is 23.2 Å². The molecule has 1 aliphatic heterocycles. The lowest BCUT2D eigenvalue weighted by atomic mass is 10.2. The Hall–Kier alpha value is -3.44. The van der Waals surface area contributed by atoms with Crippen LogP contribution in [0.2, 0.25) is 5.02 Å². The van der Waals surface area contributed by atoms with Gasteiger partial charge in [0.05, 0.1) is 15.5 Å². The highest BCUT2D eigenvalue weighted by Gasteiger charge is 2.35. The van der Waals surface area contributed by atoms with Gasteiger partial charge in [-0.05, 0) is 48.2 Å². The molecule has 35 heavy (non-hydrogen) atoms. The number of carbonyl (C=O) groups excluding carboxylic acids is 1. The van der Waals surface area contributed by atoms with Gasteiger partial charge in [-0.2, -0.15) is 0 Å². The fraction of sp³-hybridized carbons (Fsp3) is 0.0417. The molecule has 0 fully saturated rings. The molecular weight excluding hydrogens is 510 g/mol. The SMILES string of the molecule is CSc1ccc(C=C2N=C(c3ccccc3)N(NS(=O)(=O)c3ccc(Cl)c(C(=O)O)c3)C2=O)cc1. The minimum Gasteiger partial charge on any atom is -0.478 e. The summed E-state index contributed by atoms with van der Waals surface area (Å²) in [5.41, 5.74) is 0.877. The van der Waals surface area contributed by atoms with E-state index in [4.69, 9.17) is 11.6 Å². The van der Waals surface area contributed by atoms with Crippen LogP contribution in [-0.4, -0.2) is 42.5 Å². The molecule has 1 aliphatic rings. The summed E-state index contributed by atoms with van der Waals surface area (Å²) >= 11 is 7.45. The van der Waals surface area contributed by atoms with Crippen LogP contribution in [0.4, 0.5) is 0 Å². The van der Waals surface area contributed by atoms with Gasteiger partial charge in [0.1, 0.15) is 5.70 Å². The minimum atomic E-state index is -4.37. The molecule has 0 saturated carbocycles. The number of thioether (sulfide) groups is 1. The molecule has 3 aromatic carbocycles. The second-order valence-corrected chi connectivity index (χ2v) is 10.2. The molecule has 2 N–H and O–H groups in total. The van der Waals surface area contributed by atoms with Crippen molar-refractivity contribution in [1.82, 2.24) is 9.84 Å². The van der Waals surface area contributed by atoms with Crippen molar-refractivity contribution in [3.05, 3.63) is 100 Å². The van der Waals surface area contributed by atoms with E-state index in [9.17, 15) is 23.1 Å². The maximum Gasteiger partial charge on any atom is 0.337 e. The number of carboxylic acid groups (broad SMARTS) is 1. The molecule has 4 rings (SSSR count). The van der Waals surface area contributed by atoms with Crippen LogP contribution >= 0.6 is 23.4 Å². The third-order valence-electron chi connectivity index (χ3n) is 5.00. The first-order valence-electron chi connectivity index (χ1n) is 10.1. The summed E-state index contributed by atoms with van der Waals surface area (Å²) in [5.74, 6) is -1.99. The fourth-order valence-corrected chi connectivity index (χ4v) is 4.89. The molecule has 0 aliphatic carbocycles. The van der Waals surface area contributed by atoms with Crippen LogP contribution in [0.5, 0.6) is 0 Å². The summed E-state index contributed by atoms with van der Waals surface area (Å²) in [6.45, 7) is 0. The number of aromatic carboxylic acids is 1. The number of benzene rings is 3. The number of amides is 1.